The molecule has 0 aromatic heterocycles. The molecule has 160 valence electrons. The highest BCUT2D eigenvalue weighted by Crippen LogP contribution is 2.60. The summed E-state index contributed by atoms with van der Waals surface area (Å²) in [4.78, 5) is 47.5. The van der Waals surface area contributed by atoms with Crippen LogP contribution in [0.15, 0.2) is 24.3 Å². The maximum absolute atomic E-state index is 12.6. The van der Waals surface area contributed by atoms with Crippen LogP contribution < -0.4 is 4.74 Å². The van der Waals surface area contributed by atoms with Gasteiger partial charge in [0.2, 0.25) is 0 Å². The molecule has 0 spiro atoms. The molecule has 2 aliphatic carbocycles. The Morgan fingerprint density at radius 1 is 1.13 bits per heavy atom. The molecule has 1 heterocycles. The van der Waals surface area contributed by atoms with E-state index in [0.29, 0.717) is 6.42 Å². The molecule has 0 amide bonds. The quantitative estimate of drug-likeness (QED) is 0.270. The predicted octanol–water partition coefficient (Wildman–Crippen LogP) is 2.45. The lowest BCUT2D eigenvalue weighted by atomic mass is 9.80. The monoisotopic (exact) mass is 490 g/mol. The molecule has 4 rings (SSSR count). The van der Waals surface area contributed by atoms with Crippen LogP contribution in [0.25, 0.3) is 0 Å². The number of benzene rings is 1. The highest BCUT2D eigenvalue weighted by molar-refractivity contribution is 9.09. The number of ketones is 1. The van der Waals surface area contributed by atoms with Crippen LogP contribution in [-0.4, -0.2) is 47.4 Å². The van der Waals surface area contributed by atoms with Crippen LogP contribution in [0.4, 0.5) is 13.2 Å². The standard InChI is InChI=1S/C19H14BrF3O7/c20-14-9-5-10-13(17(26)30-15(10)14)12(9)16(25)28-6-11(24)7-1-3-8(4-2-7)29-18(27)19(21,22)23/h1-4,9-10,12-15H,5-6H2/t9-,10-,12-,13+,14+,15+/m1/s1. The zero-order valence-corrected chi connectivity index (χ0v) is 16.6. The highest BCUT2D eigenvalue weighted by atomic mass is 79.9. The number of alkyl halides is 4. The van der Waals surface area contributed by atoms with Crippen molar-refractivity contribution >= 4 is 39.6 Å². The summed E-state index contributed by atoms with van der Waals surface area (Å²) in [6, 6.07) is 4.36. The summed E-state index contributed by atoms with van der Waals surface area (Å²) >= 11 is 3.48. The smallest absolute Gasteiger partial charge is 0.461 e. The van der Waals surface area contributed by atoms with E-state index in [-0.39, 0.29) is 34.1 Å². The van der Waals surface area contributed by atoms with Gasteiger partial charge in [0, 0.05) is 11.5 Å². The highest BCUT2D eigenvalue weighted by Gasteiger charge is 2.68. The Balaban J connectivity index is 1.34. The molecule has 2 bridgehead atoms. The van der Waals surface area contributed by atoms with Crippen molar-refractivity contribution in [2.75, 3.05) is 6.61 Å². The number of fused-ring (bicyclic) bond motifs is 1. The fraction of sp³-hybridized carbons (Fsp3) is 0.474. The fourth-order valence-electron chi connectivity index (χ4n) is 4.48. The summed E-state index contributed by atoms with van der Waals surface area (Å²) in [5.74, 6) is -5.81. The minimum atomic E-state index is -5.14. The zero-order chi connectivity index (χ0) is 21.8. The second-order valence-corrected chi connectivity index (χ2v) is 8.46. The Hall–Kier alpha value is -2.43. The Bertz CT molecular complexity index is 914. The lowest BCUT2D eigenvalue weighted by Gasteiger charge is -2.26. The molecule has 11 heteroatoms. The second kappa shape index (κ2) is 7.36. The summed E-state index contributed by atoms with van der Waals surface area (Å²) < 4.78 is 51.2. The maximum Gasteiger partial charge on any atom is 0.491 e. The first-order chi connectivity index (χ1) is 14.1. The normalized spacial score (nSPS) is 31.4. The number of hydrogen-bond donors (Lipinski definition) is 0. The topological polar surface area (TPSA) is 96.0 Å². The molecule has 30 heavy (non-hydrogen) atoms. The molecular weight excluding hydrogens is 477 g/mol. The van der Waals surface area contributed by atoms with Gasteiger partial charge in [0.05, 0.1) is 16.7 Å². The third kappa shape index (κ3) is 3.48. The average Bonchev–Trinajstić information content (AvgIpc) is 3.30. The van der Waals surface area contributed by atoms with Gasteiger partial charge >= 0.3 is 24.1 Å². The molecule has 0 unspecified atom stereocenters. The van der Waals surface area contributed by atoms with Crippen molar-refractivity contribution in [3.8, 4) is 5.75 Å². The van der Waals surface area contributed by atoms with Gasteiger partial charge in [-0.3, -0.25) is 14.4 Å². The van der Waals surface area contributed by atoms with Crippen LogP contribution >= 0.6 is 15.9 Å². The van der Waals surface area contributed by atoms with Crippen molar-refractivity contribution in [3.05, 3.63) is 29.8 Å². The second-order valence-electron chi connectivity index (χ2n) is 7.40. The van der Waals surface area contributed by atoms with Crippen molar-refractivity contribution in [1.82, 2.24) is 0 Å². The molecule has 1 aromatic rings. The molecule has 0 radical (unpaired) electrons. The summed E-state index contributed by atoms with van der Waals surface area (Å²) in [5, 5.41) is 0. The van der Waals surface area contributed by atoms with Crippen LogP contribution in [0.1, 0.15) is 16.8 Å². The van der Waals surface area contributed by atoms with Gasteiger partial charge in [-0.05, 0) is 36.6 Å². The van der Waals surface area contributed by atoms with Crippen LogP contribution in [0.3, 0.4) is 0 Å². The van der Waals surface area contributed by atoms with E-state index < -0.39 is 48.3 Å². The van der Waals surface area contributed by atoms with E-state index in [1.54, 1.807) is 0 Å². The molecule has 1 aromatic carbocycles. The van der Waals surface area contributed by atoms with Gasteiger partial charge in [-0.1, -0.05) is 15.9 Å². The summed E-state index contributed by atoms with van der Waals surface area (Å²) in [7, 11) is 0. The van der Waals surface area contributed by atoms with Gasteiger partial charge in [0.25, 0.3) is 0 Å². The van der Waals surface area contributed by atoms with E-state index in [0.717, 1.165) is 24.3 Å². The maximum atomic E-state index is 12.6. The van der Waals surface area contributed by atoms with Crippen LogP contribution in [0, 0.1) is 23.7 Å². The molecule has 2 saturated carbocycles. The minimum Gasteiger partial charge on any atom is -0.461 e. The number of ether oxygens (including phenoxy) is 3. The van der Waals surface area contributed by atoms with E-state index in [2.05, 4.69) is 20.7 Å². The molecule has 1 aliphatic heterocycles. The first-order valence-electron chi connectivity index (χ1n) is 9.01. The summed E-state index contributed by atoms with van der Waals surface area (Å²) in [5.41, 5.74) is 0.0567. The van der Waals surface area contributed by atoms with Crippen molar-refractivity contribution in [1.29, 1.82) is 0 Å². The Kier molecular flexibility index (Phi) is 5.11. The van der Waals surface area contributed by atoms with Crippen LogP contribution in [0.2, 0.25) is 0 Å². The van der Waals surface area contributed by atoms with Gasteiger partial charge in [-0.2, -0.15) is 13.2 Å². The van der Waals surface area contributed by atoms with Gasteiger partial charge in [-0.15, -0.1) is 0 Å². The molecule has 3 fully saturated rings. The SMILES string of the molecule is O=C(COC(=O)[C@@H]1[C@H]2C[C@H]3[C@H](OC(=O)[C@@H]31)[C@H]2Br)c1ccc(OC(=O)C(F)(F)F)cc1. The number of carbonyl (C=O) groups excluding carboxylic acids is 4. The van der Waals surface area contributed by atoms with Crippen molar-refractivity contribution < 1.29 is 46.6 Å². The average molecular weight is 491 g/mol. The van der Waals surface area contributed by atoms with Crippen molar-refractivity contribution in [3.63, 3.8) is 0 Å². The number of carbonyl (C=O) groups is 4. The Morgan fingerprint density at radius 3 is 2.43 bits per heavy atom. The van der Waals surface area contributed by atoms with Gasteiger partial charge in [0.15, 0.2) is 12.4 Å². The van der Waals surface area contributed by atoms with Crippen LogP contribution in [-0.2, 0) is 23.9 Å². The number of hydrogen-bond acceptors (Lipinski definition) is 7. The lowest BCUT2D eigenvalue weighted by molar-refractivity contribution is -0.189. The molecule has 0 N–H and O–H groups in total. The molecule has 3 aliphatic rings. The van der Waals surface area contributed by atoms with E-state index >= 15 is 0 Å². The minimum absolute atomic E-state index is 0.0351. The van der Waals surface area contributed by atoms with Crippen molar-refractivity contribution in [2.24, 2.45) is 23.7 Å². The van der Waals surface area contributed by atoms with Gasteiger partial charge in [0.1, 0.15) is 11.9 Å². The third-order valence-corrected chi connectivity index (χ3v) is 6.96. The number of esters is 3. The predicted molar refractivity (Wildman–Crippen MR) is 94.6 cm³/mol. The van der Waals surface area contributed by atoms with Gasteiger partial charge in [-0.25, -0.2) is 4.79 Å². The molecular formula is C19H14BrF3O7. The molecule has 6 atom stereocenters. The first-order valence-corrected chi connectivity index (χ1v) is 9.93. The summed E-state index contributed by atoms with van der Waals surface area (Å²) in [6.07, 6.45) is -4.70. The van der Waals surface area contributed by atoms with E-state index in [4.69, 9.17) is 9.47 Å². The van der Waals surface area contributed by atoms with E-state index in [9.17, 15) is 32.3 Å². The molecule has 1 saturated heterocycles. The number of halogens is 4. The third-order valence-electron chi connectivity index (χ3n) is 5.76. The summed E-state index contributed by atoms with van der Waals surface area (Å²) in [6.45, 7) is -0.591. The lowest BCUT2D eigenvalue weighted by Crippen LogP contribution is -2.39. The first kappa shape index (κ1) is 20.8. The molecule has 7 nitrogen and oxygen atoms in total. The van der Waals surface area contributed by atoms with E-state index in [1.807, 2.05) is 0 Å². The largest absolute Gasteiger partial charge is 0.491 e. The fourth-order valence-corrected chi connectivity index (χ4v) is 5.53. The Labute approximate surface area is 176 Å². The van der Waals surface area contributed by atoms with E-state index in [1.165, 1.54) is 0 Å². The zero-order valence-electron chi connectivity index (χ0n) is 15.1. The van der Waals surface area contributed by atoms with Gasteiger partial charge < -0.3 is 14.2 Å². The Morgan fingerprint density at radius 2 is 1.80 bits per heavy atom. The number of Topliss-reactive ketones (excluding diaryl/α,β-unsaturated/α-hetero) is 1. The number of rotatable bonds is 5. The van der Waals surface area contributed by atoms with Crippen LogP contribution in [0.5, 0.6) is 5.75 Å². The van der Waals surface area contributed by atoms with Crippen molar-refractivity contribution in [2.45, 2.75) is 23.5 Å².